The molecule has 0 bridgehead atoms. The summed E-state index contributed by atoms with van der Waals surface area (Å²) in [5, 5.41) is 11.5. The monoisotopic (exact) mass is 564 g/mol. The molecular weight excluding hydrogens is 532 g/mol. The summed E-state index contributed by atoms with van der Waals surface area (Å²) >= 11 is 0. The number of carbonyl (C=O) groups excluding carboxylic acids is 1. The number of pyridine rings is 2. The van der Waals surface area contributed by atoms with E-state index in [1.807, 2.05) is 39.0 Å². The lowest BCUT2D eigenvalue weighted by Crippen LogP contribution is -2.73. The number of benzene rings is 1. The van der Waals surface area contributed by atoms with Gasteiger partial charge in [0.05, 0.1) is 23.7 Å². The van der Waals surface area contributed by atoms with Crippen molar-refractivity contribution in [3.63, 3.8) is 0 Å². The second kappa shape index (κ2) is 9.40. The van der Waals surface area contributed by atoms with Crippen molar-refractivity contribution < 1.29 is 14.6 Å². The number of aryl methyl sites for hydroxylation is 1. The van der Waals surface area contributed by atoms with Gasteiger partial charge in [-0.05, 0) is 42.7 Å². The van der Waals surface area contributed by atoms with Crippen molar-refractivity contribution >= 4 is 22.8 Å². The van der Waals surface area contributed by atoms with Crippen LogP contribution in [0, 0.1) is 12.3 Å². The van der Waals surface area contributed by atoms with Crippen LogP contribution in [0.1, 0.15) is 36.6 Å². The standard InChI is InChI=1S/C32H32N6O4/c1-5-23(40)36-14-32(15-36)16-37(17-32)29-24-28-21(11-13-42-28)26(20-8-6-7-9-22(20)39)34-30(24)38(31(41)35-29)27-19(4)10-12-33-25(27)18(2)3/h5-10,12,18,39H,1,11,13-17H2,2-4H3. The summed E-state index contributed by atoms with van der Waals surface area (Å²) < 4.78 is 7.84. The molecular formula is C32H32N6O4. The minimum absolute atomic E-state index is 0.0283. The lowest BCUT2D eigenvalue weighted by atomic mass is 9.72. The number of carbonyl (C=O) groups is 1. The summed E-state index contributed by atoms with van der Waals surface area (Å²) in [6, 6.07) is 8.97. The number of phenolic OH excluding ortho intramolecular Hbond substituents is 1. The molecule has 1 N–H and O–H groups in total. The molecule has 1 spiro atoms. The van der Waals surface area contributed by atoms with Crippen molar-refractivity contribution in [2.75, 3.05) is 37.7 Å². The van der Waals surface area contributed by atoms with Crippen molar-refractivity contribution in [1.82, 2.24) is 24.4 Å². The van der Waals surface area contributed by atoms with Gasteiger partial charge in [0.25, 0.3) is 0 Å². The molecule has 3 aromatic heterocycles. The van der Waals surface area contributed by atoms with E-state index in [4.69, 9.17) is 9.72 Å². The molecule has 0 radical (unpaired) electrons. The molecule has 0 unspecified atom stereocenters. The summed E-state index contributed by atoms with van der Waals surface area (Å²) in [6.07, 6.45) is 3.72. The topological polar surface area (TPSA) is 114 Å². The van der Waals surface area contributed by atoms with Crippen LogP contribution in [0.2, 0.25) is 0 Å². The van der Waals surface area contributed by atoms with E-state index in [1.165, 1.54) is 6.08 Å². The summed E-state index contributed by atoms with van der Waals surface area (Å²) in [5.74, 6) is 1.26. The first-order valence-electron chi connectivity index (χ1n) is 14.2. The number of amides is 1. The minimum Gasteiger partial charge on any atom is -0.507 e. The second-order valence-electron chi connectivity index (χ2n) is 11.9. The first-order valence-corrected chi connectivity index (χ1v) is 14.2. The zero-order chi connectivity index (χ0) is 29.3. The number of para-hydroxylation sites is 1. The number of hydrogen-bond donors (Lipinski definition) is 1. The smallest absolute Gasteiger partial charge is 0.355 e. The fourth-order valence-corrected chi connectivity index (χ4v) is 6.66. The summed E-state index contributed by atoms with van der Waals surface area (Å²) in [7, 11) is 0. The van der Waals surface area contributed by atoms with Crippen LogP contribution in [-0.4, -0.2) is 68.2 Å². The van der Waals surface area contributed by atoms with Crippen LogP contribution in [0.15, 0.2) is 54.0 Å². The number of aromatic hydroxyl groups is 1. The van der Waals surface area contributed by atoms with Gasteiger partial charge in [0.2, 0.25) is 5.91 Å². The van der Waals surface area contributed by atoms with E-state index in [0.717, 1.165) is 16.8 Å². The first kappa shape index (κ1) is 26.2. The quantitative estimate of drug-likeness (QED) is 0.365. The Bertz CT molecular complexity index is 1850. The van der Waals surface area contributed by atoms with Gasteiger partial charge in [-0.3, -0.25) is 9.78 Å². The highest BCUT2D eigenvalue weighted by molar-refractivity contribution is 5.98. The fourth-order valence-electron chi connectivity index (χ4n) is 6.66. The molecule has 42 heavy (non-hydrogen) atoms. The number of nitrogens with zero attached hydrogens (tertiary/aromatic N) is 6. The molecule has 1 amide bonds. The van der Waals surface area contributed by atoms with E-state index in [-0.39, 0.29) is 23.0 Å². The van der Waals surface area contributed by atoms with Crippen LogP contribution in [-0.2, 0) is 11.2 Å². The molecule has 1 aromatic carbocycles. The molecule has 0 saturated carbocycles. The predicted octanol–water partition coefficient (Wildman–Crippen LogP) is 3.75. The van der Waals surface area contributed by atoms with E-state index in [9.17, 15) is 14.7 Å². The Morgan fingerprint density at radius 3 is 2.62 bits per heavy atom. The van der Waals surface area contributed by atoms with E-state index in [2.05, 4.69) is 21.4 Å². The molecule has 6 heterocycles. The van der Waals surface area contributed by atoms with Gasteiger partial charge in [0.1, 0.15) is 22.7 Å². The molecule has 0 atom stereocenters. The highest BCUT2D eigenvalue weighted by Crippen LogP contribution is 2.48. The van der Waals surface area contributed by atoms with E-state index in [1.54, 1.807) is 27.8 Å². The maximum Gasteiger partial charge on any atom is 0.355 e. The Balaban J connectivity index is 1.47. The van der Waals surface area contributed by atoms with Crippen LogP contribution < -0.4 is 15.3 Å². The van der Waals surface area contributed by atoms with E-state index < -0.39 is 5.69 Å². The van der Waals surface area contributed by atoms with Crippen molar-refractivity contribution in [2.45, 2.75) is 33.1 Å². The highest BCUT2D eigenvalue weighted by Gasteiger charge is 2.53. The lowest BCUT2D eigenvalue weighted by molar-refractivity contribution is -0.139. The second-order valence-corrected chi connectivity index (χ2v) is 11.9. The normalized spacial score (nSPS) is 16.8. The van der Waals surface area contributed by atoms with Crippen molar-refractivity contribution in [2.24, 2.45) is 5.41 Å². The summed E-state index contributed by atoms with van der Waals surface area (Å²) in [6.45, 7) is 12.7. The average molecular weight is 565 g/mol. The average Bonchev–Trinajstić information content (AvgIpc) is 3.41. The molecule has 2 saturated heterocycles. The molecule has 3 aliphatic rings. The van der Waals surface area contributed by atoms with Crippen molar-refractivity contribution in [3.05, 3.63) is 76.5 Å². The number of hydrogen-bond acceptors (Lipinski definition) is 8. The van der Waals surface area contributed by atoms with E-state index >= 15 is 0 Å². The van der Waals surface area contributed by atoms with Gasteiger partial charge in [-0.1, -0.05) is 32.6 Å². The maximum absolute atomic E-state index is 14.1. The van der Waals surface area contributed by atoms with Crippen LogP contribution >= 0.6 is 0 Å². The minimum atomic E-state index is -0.456. The SMILES string of the molecule is C=CC(=O)N1CC2(C1)CN(c1nc(=O)n(-c3c(C)ccnc3C(C)C)c3nc(-c4ccccc4O)c4c(c13)OCC4)C2. The number of aromatic nitrogens is 4. The molecule has 10 heteroatoms. The fraction of sp³-hybridized carbons (Fsp3) is 0.344. The number of anilines is 1. The van der Waals surface area contributed by atoms with Crippen LogP contribution in [0.4, 0.5) is 5.82 Å². The number of likely N-dealkylation sites (tertiary alicyclic amines) is 1. The van der Waals surface area contributed by atoms with Gasteiger partial charge in [0, 0.05) is 55.3 Å². The molecule has 3 aliphatic heterocycles. The third-order valence-corrected chi connectivity index (χ3v) is 8.63. The maximum atomic E-state index is 14.1. The summed E-state index contributed by atoms with van der Waals surface area (Å²) in [5.41, 5.74) is 4.28. The molecule has 4 aromatic rings. The molecule has 2 fully saturated rings. The van der Waals surface area contributed by atoms with Crippen molar-refractivity contribution in [1.29, 1.82) is 0 Å². The Hall–Kier alpha value is -4.73. The molecule has 7 rings (SSSR count). The lowest BCUT2D eigenvalue weighted by Gasteiger charge is -2.60. The molecule has 10 nitrogen and oxygen atoms in total. The zero-order valence-corrected chi connectivity index (χ0v) is 23.9. The number of ether oxygens (including phenoxy) is 1. The van der Waals surface area contributed by atoms with Gasteiger partial charge in [-0.15, -0.1) is 0 Å². The highest BCUT2D eigenvalue weighted by atomic mass is 16.5. The number of rotatable bonds is 5. The van der Waals surface area contributed by atoms with Gasteiger partial charge < -0.3 is 19.6 Å². The zero-order valence-electron chi connectivity index (χ0n) is 23.9. The van der Waals surface area contributed by atoms with Crippen molar-refractivity contribution in [3.8, 4) is 28.4 Å². The largest absolute Gasteiger partial charge is 0.507 e. The third kappa shape index (κ3) is 3.81. The number of fused-ring (bicyclic) bond motifs is 3. The van der Waals surface area contributed by atoms with Gasteiger partial charge in [-0.2, -0.15) is 4.98 Å². The molecule has 214 valence electrons. The van der Waals surface area contributed by atoms with Gasteiger partial charge in [-0.25, -0.2) is 14.3 Å². The molecule has 0 aliphatic carbocycles. The first-order chi connectivity index (χ1) is 20.2. The van der Waals surface area contributed by atoms with Crippen LogP contribution in [0.25, 0.3) is 28.0 Å². The Morgan fingerprint density at radius 1 is 1.14 bits per heavy atom. The number of phenols is 1. The Labute approximate surface area is 242 Å². The Kier molecular flexibility index (Phi) is 5.86. The Morgan fingerprint density at radius 2 is 1.90 bits per heavy atom. The van der Waals surface area contributed by atoms with E-state index in [0.29, 0.717) is 78.8 Å². The van der Waals surface area contributed by atoms with Crippen LogP contribution in [0.5, 0.6) is 11.5 Å². The summed E-state index contributed by atoms with van der Waals surface area (Å²) in [4.78, 5) is 44.5. The van der Waals surface area contributed by atoms with Crippen LogP contribution in [0.3, 0.4) is 0 Å². The third-order valence-electron chi connectivity index (χ3n) is 8.63. The van der Waals surface area contributed by atoms with Gasteiger partial charge in [0.15, 0.2) is 5.65 Å². The predicted molar refractivity (Wildman–Crippen MR) is 159 cm³/mol. The van der Waals surface area contributed by atoms with Gasteiger partial charge >= 0.3 is 5.69 Å².